The zero-order valence-electron chi connectivity index (χ0n) is 16.4. The Hall–Kier alpha value is -2.76. The number of hydrogen-bond donors (Lipinski definition) is 0. The normalized spacial score (nSPS) is 11.0. The van der Waals surface area contributed by atoms with Crippen LogP contribution in [-0.2, 0) is 28.1 Å². The van der Waals surface area contributed by atoms with E-state index in [0.717, 1.165) is 27.6 Å². The molecule has 1 nitrogen and oxygen atoms in total. The van der Waals surface area contributed by atoms with Gasteiger partial charge in [0.1, 0.15) is 12.6 Å². The first kappa shape index (κ1) is 19.6. The molecule has 5 rings (SSSR count). The molecule has 29 heavy (non-hydrogen) atoms. The molecule has 0 N–H and O–H groups in total. The first-order valence-corrected chi connectivity index (χ1v) is 9.41. The molecule has 4 aromatic carbocycles. The third-order valence-corrected chi connectivity index (χ3v) is 5.58. The largest absolute Gasteiger partial charge is 0.281 e. The van der Waals surface area contributed by atoms with Crippen LogP contribution >= 0.6 is 0 Å². The Morgan fingerprint density at radius 1 is 1.00 bits per heavy atom. The fourth-order valence-electron chi connectivity index (χ4n) is 4.22. The Morgan fingerprint density at radius 3 is 2.55 bits per heavy atom. The molecule has 0 aliphatic heterocycles. The molecule has 5 aromatic rings. The first-order chi connectivity index (χ1) is 13.7. The summed E-state index contributed by atoms with van der Waals surface area (Å²) in [5.41, 5.74) is 5.51. The zero-order valence-corrected chi connectivity index (χ0v) is 19.3. The minimum atomic E-state index is 0. The molecule has 2 heteroatoms. The second-order valence-electron chi connectivity index (χ2n) is 7.19. The number of aryl methyl sites for hydroxylation is 2. The van der Waals surface area contributed by atoms with Crippen molar-refractivity contribution in [2.45, 2.75) is 6.92 Å². The third-order valence-electron chi connectivity index (χ3n) is 5.58. The van der Waals surface area contributed by atoms with E-state index in [1.54, 1.807) is 6.08 Å². The fourth-order valence-corrected chi connectivity index (χ4v) is 4.22. The van der Waals surface area contributed by atoms with Crippen molar-refractivity contribution in [2.24, 2.45) is 7.05 Å². The summed E-state index contributed by atoms with van der Waals surface area (Å²) in [5, 5.41) is 5.97. The van der Waals surface area contributed by atoms with E-state index in [-0.39, 0.29) is 21.1 Å². The average Bonchev–Trinajstić information content (AvgIpc) is 2.74. The maximum Gasteiger partial charge on any atom is 0.155 e. The van der Waals surface area contributed by atoms with Crippen LogP contribution in [0.3, 0.4) is 0 Å². The van der Waals surface area contributed by atoms with Gasteiger partial charge in [0.15, 0.2) is 6.20 Å². The first-order valence-electron chi connectivity index (χ1n) is 9.41. The van der Waals surface area contributed by atoms with Gasteiger partial charge in [-0.1, -0.05) is 41.3 Å². The van der Waals surface area contributed by atoms with Crippen molar-refractivity contribution < 1.29 is 25.6 Å². The minimum absolute atomic E-state index is 0. The van der Waals surface area contributed by atoms with E-state index in [4.69, 9.17) is 6.58 Å². The Labute approximate surface area is 185 Å². The van der Waals surface area contributed by atoms with Crippen LogP contribution < -0.4 is 4.57 Å². The molecule has 0 saturated heterocycles. The molecule has 0 amide bonds. The van der Waals surface area contributed by atoms with E-state index in [1.807, 2.05) is 24.3 Å². The van der Waals surface area contributed by atoms with E-state index in [9.17, 15) is 0 Å². The Morgan fingerprint density at radius 2 is 1.79 bits per heavy atom. The van der Waals surface area contributed by atoms with Gasteiger partial charge in [0.25, 0.3) is 0 Å². The number of hydrogen-bond acceptors (Lipinski definition) is 0. The van der Waals surface area contributed by atoms with Crippen LogP contribution in [-0.4, -0.2) is 0 Å². The van der Waals surface area contributed by atoms with Crippen molar-refractivity contribution in [1.29, 1.82) is 0 Å². The average molecular weight is 541 g/mol. The molecule has 140 valence electrons. The van der Waals surface area contributed by atoms with Gasteiger partial charge >= 0.3 is 0 Å². The van der Waals surface area contributed by atoms with Crippen LogP contribution in [0, 0.1) is 25.6 Å². The van der Waals surface area contributed by atoms with Gasteiger partial charge < -0.3 is 0 Å². The molecule has 0 fully saturated rings. The van der Waals surface area contributed by atoms with Gasteiger partial charge in [0, 0.05) is 21.1 Å². The van der Waals surface area contributed by atoms with E-state index in [2.05, 4.69) is 73.3 Å². The second-order valence-corrected chi connectivity index (χ2v) is 7.19. The van der Waals surface area contributed by atoms with Crippen LogP contribution in [0.25, 0.3) is 49.7 Å². The standard InChI is InChI=1S/C27H19N.W/c1-4-19-14-15-28(3)27-24(19)17-23(20-10-6-5-7-11-20)25-16-21-12-8-9-13-22(21)18(2)26(25)27;/h1,4-10,12-16H,2-3H3;/q-2;. The van der Waals surface area contributed by atoms with E-state index in [0.29, 0.717) is 0 Å². The van der Waals surface area contributed by atoms with Gasteiger partial charge in [0.05, 0.1) is 0 Å². The second kappa shape index (κ2) is 7.58. The summed E-state index contributed by atoms with van der Waals surface area (Å²) in [6.07, 6.45) is 3.73. The number of fused-ring (bicyclic) bond motifs is 4. The van der Waals surface area contributed by atoms with E-state index >= 15 is 0 Å². The van der Waals surface area contributed by atoms with Crippen molar-refractivity contribution in [3.05, 3.63) is 96.7 Å². The van der Waals surface area contributed by atoms with Crippen molar-refractivity contribution in [3.63, 3.8) is 0 Å². The topological polar surface area (TPSA) is 3.88 Å². The summed E-state index contributed by atoms with van der Waals surface area (Å²) < 4.78 is 2.17. The predicted octanol–water partition coefficient (Wildman–Crippen LogP) is 5.99. The molecule has 1 aromatic heterocycles. The van der Waals surface area contributed by atoms with Gasteiger partial charge in [-0.25, -0.2) is 10.1 Å². The maximum absolute atomic E-state index is 5.97. The predicted molar refractivity (Wildman–Crippen MR) is 117 cm³/mol. The van der Waals surface area contributed by atoms with Gasteiger partial charge in [-0.05, 0) is 34.7 Å². The molecule has 0 radical (unpaired) electrons. The fraction of sp³-hybridized carbons (Fsp3) is 0.0741. The van der Waals surface area contributed by atoms with Crippen LogP contribution in [0.2, 0.25) is 0 Å². The summed E-state index contributed by atoms with van der Waals surface area (Å²) in [6.45, 7) is 8.18. The van der Waals surface area contributed by atoms with Crippen molar-refractivity contribution in [2.75, 3.05) is 0 Å². The molecule has 0 spiro atoms. The summed E-state index contributed by atoms with van der Waals surface area (Å²) in [4.78, 5) is 0. The van der Waals surface area contributed by atoms with E-state index in [1.165, 1.54) is 27.1 Å². The number of benzene rings is 4. The van der Waals surface area contributed by atoms with Gasteiger partial charge in [0.2, 0.25) is 0 Å². The monoisotopic (exact) mass is 541 g/mol. The number of aromatic nitrogens is 1. The molecule has 0 bridgehead atoms. The SMILES string of the molecule is [CH-]=Cc1cc[n+](C)c2c1[c-]c(-c1[c-]cccc1)c1cc3ccccc3c(C)c12.[W]. The molecular formula is C27H19NW-2. The molecule has 0 unspecified atom stereocenters. The van der Waals surface area contributed by atoms with Crippen molar-refractivity contribution in [3.8, 4) is 11.1 Å². The van der Waals surface area contributed by atoms with Crippen molar-refractivity contribution >= 4 is 38.5 Å². The molecule has 0 atom stereocenters. The molecule has 0 saturated carbocycles. The Bertz CT molecular complexity index is 1380. The Kier molecular flexibility index (Phi) is 5.11. The van der Waals surface area contributed by atoms with Crippen LogP contribution in [0.15, 0.2) is 66.9 Å². The molecule has 0 aliphatic carbocycles. The van der Waals surface area contributed by atoms with Gasteiger partial charge in [-0.15, -0.1) is 11.5 Å². The Balaban J connectivity index is 0.00000205. The number of pyridine rings is 1. The number of nitrogens with zero attached hydrogens (tertiary/aromatic N) is 1. The molecule has 0 aliphatic rings. The van der Waals surface area contributed by atoms with E-state index < -0.39 is 0 Å². The smallest absolute Gasteiger partial charge is 0.155 e. The van der Waals surface area contributed by atoms with Crippen LogP contribution in [0.5, 0.6) is 0 Å². The third kappa shape index (κ3) is 3.01. The van der Waals surface area contributed by atoms with Gasteiger partial charge in [-0.3, -0.25) is 6.58 Å². The molecular weight excluding hydrogens is 522 g/mol. The maximum atomic E-state index is 5.97. The summed E-state index contributed by atoms with van der Waals surface area (Å²) in [6, 6.07) is 28.0. The summed E-state index contributed by atoms with van der Waals surface area (Å²) >= 11 is 0. The van der Waals surface area contributed by atoms with Crippen molar-refractivity contribution in [1.82, 2.24) is 0 Å². The van der Waals surface area contributed by atoms with Crippen LogP contribution in [0.4, 0.5) is 0 Å². The number of rotatable bonds is 2. The van der Waals surface area contributed by atoms with Gasteiger partial charge in [-0.2, -0.15) is 42.0 Å². The summed E-state index contributed by atoms with van der Waals surface area (Å²) in [7, 11) is 2.08. The summed E-state index contributed by atoms with van der Waals surface area (Å²) in [5.74, 6) is 0. The minimum Gasteiger partial charge on any atom is -0.281 e. The molecule has 1 heterocycles. The quantitative estimate of drug-likeness (QED) is 0.112. The zero-order chi connectivity index (χ0) is 19.3. The van der Waals surface area contributed by atoms with Crippen LogP contribution in [0.1, 0.15) is 11.1 Å².